The molecule has 2 N–H and O–H groups in total. The Morgan fingerprint density at radius 3 is 2.85 bits per heavy atom. The lowest BCUT2D eigenvalue weighted by molar-refractivity contribution is -0.133. The number of carbonyl (C=O) groups is 2. The van der Waals surface area contributed by atoms with Gasteiger partial charge in [-0.15, -0.1) is 0 Å². The highest BCUT2D eigenvalue weighted by Gasteiger charge is 2.41. The van der Waals surface area contributed by atoms with Crippen molar-refractivity contribution in [2.24, 2.45) is 11.0 Å². The first kappa shape index (κ1) is 17.3. The van der Waals surface area contributed by atoms with Gasteiger partial charge in [0.15, 0.2) is 0 Å². The number of fused-ring (bicyclic) bond motifs is 1. The minimum atomic E-state index is -0.784. The molecule has 1 fully saturated rings. The van der Waals surface area contributed by atoms with Crippen molar-refractivity contribution >= 4 is 17.5 Å². The fourth-order valence-electron chi connectivity index (χ4n) is 3.63. The highest BCUT2D eigenvalue weighted by molar-refractivity contribution is 6.06. The van der Waals surface area contributed by atoms with Gasteiger partial charge in [0.05, 0.1) is 12.3 Å². The lowest BCUT2D eigenvalue weighted by atomic mass is 9.88. The van der Waals surface area contributed by atoms with Crippen molar-refractivity contribution in [3.63, 3.8) is 0 Å². The average Bonchev–Trinajstić information content (AvgIpc) is 3.08. The summed E-state index contributed by atoms with van der Waals surface area (Å²) in [5.74, 6) is -0.853. The first-order valence-electron chi connectivity index (χ1n) is 9.06. The lowest BCUT2D eigenvalue weighted by Gasteiger charge is -2.20. The summed E-state index contributed by atoms with van der Waals surface area (Å²) >= 11 is 0. The largest absolute Gasteiger partial charge is 0.492 e. The Balaban J connectivity index is 1.55. The normalized spacial score (nSPS) is 22.7. The van der Waals surface area contributed by atoms with Crippen LogP contribution in [0.15, 0.2) is 53.6 Å². The Morgan fingerprint density at radius 1 is 1.22 bits per heavy atom. The van der Waals surface area contributed by atoms with Crippen molar-refractivity contribution < 1.29 is 14.3 Å². The number of hydrazone groups is 1. The zero-order valence-corrected chi connectivity index (χ0v) is 15.1. The predicted molar refractivity (Wildman–Crippen MR) is 102 cm³/mol. The Labute approximate surface area is 157 Å². The molecule has 27 heavy (non-hydrogen) atoms. The molecular formula is C21H21N3O3. The second kappa shape index (κ2) is 7.23. The molecule has 0 aliphatic carbocycles. The number of aryl methyl sites for hydroxylation is 1. The lowest BCUT2D eigenvalue weighted by Crippen LogP contribution is -2.35. The van der Waals surface area contributed by atoms with Gasteiger partial charge in [0.2, 0.25) is 5.91 Å². The van der Waals surface area contributed by atoms with E-state index in [2.05, 4.69) is 15.8 Å². The second-order valence-electron chi connectivity index (χ2n) is 6.87. The maximum atomic E-state index is 12.8. The van der Waals surface area contributed by atoms with Crippen molar-refractivity contribution in [2.75, 3.05) is 13.2 Å². The van der Waals surface area contributed by atoms with Gasteiger partial charge < -0.3 is 10.1 Å². The van der Waals surface area contributed by atoms with E-state index in [1.165, 1.54) is 0 Å². The minimum absolute atomic E-state index is 0.192. The van der Waals surface area contributed by atoms with E-state index in [4.69, 9.17) is 4.74 Å². The number of nitrogens with zero attached hydrogens (tertiary/aromatic N) is 1. The molecule has 138 valence electrons. The molecule has 0 bridgehead atoms. The Kier molecular flexibility index (Phi) is 4.62. The smallest absolute Gasteiger partial charge is 0.253 e. The summed E-state index contributed by atoms with van der Waals surface area (Å²) in [4.78, 5) is 25.0. The van der Waals surface area contributed by atoms with E-state index in [1.54, 1.807) is 0 Å². The van der Waals surface area contributed by atoms with Crippen molar-refractivity contribution in [1.29, 1.82) is 0 Å². The summed E-state index contributed by atoms with van der Waals surface area (Å²) in [5.41, 5.74) is 6.33. The van der Waals surface area contributed by atoms with Gasteiger partial charge in [-0.25, -0.2) is 5.43 Å². The van der Waals surface area contributed by atoms with Gasteiger partial charge in [-0.1, -0.05) is 42.0 Å². The highest BCUT2D eigenvalue weighted by Crippen LogP contribution is 2.29. The van der Waals surface area contributed by atoms with Crippen LogP contribution in [0.4, 0.5) is 0 Å². The molecule has 0 aromatic heterocycles. The molecule has 0 saturated carbocycles. The third kappa shape index (κ3) is 3.43. The summed E-state index contributed by atoms with van der Waals surface area (Å²) < 4.78 is 5.65. The van der Waals surface area contributed by atoms with Crippen molar-refractivity contribution in [3.05, 3.63) is 65.2 Å². The minimum Gasteiger partial charge on any atom is -0.492 e. The fourth-order valence-corrected chi connectivity index (χ4v) is 3.63. The van der Waals surface area contributed by atoms with Crippen molar-refractivity contribution in [3.8, 4) is 5.75 Å². The molecule has 2 aromatic carbocycles. The molecule has 2 unspecified atom stereocenters. The van der Waals surface area contributed by atoms with Crippen LogP contribution in [0.5, 0.6) is 5.75 Å². The number of carbonyl (C=O) groups excluding carboxylic acids is 2. The fraction of sp³-hybridized carbons (Fsp3) is 0.286. The number of nitrogens with one attached hydrogen (secondary N) is 2. The molecule has 6 heteroatoms. The Morgan fingerprint density at radius 2 is 2.04 bits per heavy atom. The standard InChI is InChI=1S/C21H21N3O3/c1-13-7-8-18-15(11-13)17(9-10-27-18)23-24-21(26)19-16(12-22-20(19)25)14-5-3-2-4-6-14/h2-8,11,16,19H,9-10,12H2,1H3,(H,22,25)(H,24,26)/b23-17+. The van der Waals surface area contributed by atoms with Crippen LogP contribution in [0.25, 0.3) is 0 Å². The Bertz CT molecular complexity index is 908. The van der Waals surface area contributed by atoms with Crippen LogP contribution >= 0.6 is 0 Å². The summed E-state index contributed by atoms with van der Waals surface area (Å²) in [7, 11) is 0. The van der Waals surface area contributed by atoms with Crippen molar-refractivity contribution in [2.45, 2.75) is 19.3 Å². The van der Waals surface area contributed by atoms with E-state index in [1.807, 2.05) is 55.5 Å². The third-order valence-electron chi connectivity index (χ3n) is 5.03. The van der Waals surface area contributed by atoms with Gasteiger partial charge in [0.25, 0.3) is 5.91 Å². The molecule has 2 aliphatic heterocycles. The number of ether oxygens (including phenoxy) is 1. The van der Waals surface area contributed by atoms with Crippen LogP contribution in [0.1, 0.15) is 29.0 Å². The number of benzene rings is 2. The number of hydrogen-bond acceptors (Lipinski definition) is 4. The monoisotopic (exact) mass is 363 g/mol. The zero-order chi connectivity index (χ0) is 18.8. The molecule has 2 heterocycles. The molecule has 2 atom stereocenters. The molecule has 2 aliphatic rings. The first-order chi connectivity index (χ1) is 13.1. The molecule has 6 nitrogen and oxygen atoms in total. The summed E-state index contributed by atoms with van der Waals surface area (Å²) in [6.07, 6.45) is 0.607. The van der Waals surface area contributed by atoms with E-state index >= 15 is 0 Å². The van der Waals surface area contributed by atoms with E-state index < -0.39 is 5.92 Å². The molecule has 1 saturated heterocycles. The number of hydrogen-bond donors (Lipinski definition) is 2. The van der Waals surface area contributed by atoms with Crippen LogP contribution in [-0.2, 0) is 9.59 Å². The van der Waals surface area contributed by atoms with Gasteiger partial charge >= 0.3 is 0 Å². The van der Waals surface area contributed by atoms with Crippen LogP contribution in [0.2, 0.25) is 0 Å². The van der Waals surface area contributed by atoms with E-state index in [9.17, 15) is 9.59 Å². The van der Waals surface area contributed by atoms with Crippen LogP contribution in [0.3, 0.4) is 0 Å². The average molecular weight is 363 g/mol. The molecule has 0 radical (unpaired) electrons. The number of rotatable bonds is 3. The topological polar surface area (TPSA) is 79.8 Å². The maximum absolute atomic E-state index is 12.8. The quantitative estimate of drug-likeness (QED) is 0.648. The van der Waals surface area contributed by atoms with Gasteiger partial charge in [0, 0.05) is 24.4 Å². The molecule has 2 aromatic rings. The van der Waals surface area contributed by atoms with Gasteiger partial charge in [-0.2, -0.15) is 5.10 Å². The SMILES string of the molecule is Cc1ccc2c(c1)/C(=N/NC(=O)C1C(=O)NCC1c1ccccc1)CCO2. The predicted octanol–water partition coefficient (Wildman–Crippen LogP) is 2.13. The van der Waals surface area contributed by atoms with E-state index in [0.29, 0.717) is 19.6 Å². The van der Waals surface area contributed by atoms with Gasteiger partial charge in [-0.3, -0.25) is 9.59 Å². The van der Waals surface area contributed by atoms with E-state index in [0.717, 1.165) is 28.2 Å². The molecule has 4 rings (SSSR count). The number of amides is 2. The highest BCUT2D eigenvalue weighted by atomic mass is 16.5. The van der Waals surface area contributed by atoms with Crippen LogP contribution in [0, 0.1) is 12.8 Å². The first-order valence-corrected chi connectivity index (χ1v) is 9.06. The summed E-state index contributed by atoms with van der Waals surface area (Å²) in [5, 5.41) is 7.12. The maximum Gasteiger partial charge on any atom is 0.253 e. The van der Waals surface area contributed by atoms with Gasteiger partial charge in [0.1, 0.15) is 11.7 Å². The van der Waals surface area contributed by atoms with Crippen LogP contribution < -0.4 is 15.5 Å². The molecule has 2 amide bonds. The molecular weight excluding hydrogens is 342 g/mol. The second-order valence-corrected chi connectivity index (χ2v) is 6.87. The summed E-state index contributed by atoms with van der Waals surface area (Å²) in [6, 6.07) is 15.5. The van der Waals surface area contributed by atoms with Gasteiger partial charge in [-0.05, 0) is 24.6 Å². The summed E-state index contributed by atoms with van der Waals surface area (Å²) in [6.45, 7) is 2.97. The van der Waals surface area contributed by atoms with Crippen LogP contribution in [-0.4, -0.2) is 30.7 Å². The van der Waals surface area contributed by atoms with E-state index in [-0.39, 0.29) is 17.7 Å². The van der Waals surface area contributed by atoms with Crippen molar-refractivity contribution in [1.82, 2.24) is 10.7 Å². The third-order valence-corrected chi connectivity index (χ3v) is 5.03. The zero-order valence-electron chi connectivity index (χ0n) is 15.1. The Hall–Kier alpha value is -3.15. The molecule has 0 spiro atoms.